The molecule has 0 aliphatic heterocycles. The second-order valence-electron chi connectivity index (χ2n) is 8.70. The van der Waals surface area contributed by atoms with Gasteiger partial charge in [0.15, 0.2) is 11.5 Å². The molecular weight excluding hydrogens is 528 g/mol. The lowest BCUT2D eigenvalue weighted by Gasteiger charge is -2.27. The van der Waals surface area contributed by atoms with Crippen molar-refractivity contribution in [2.45, 2.75) is 24.7 Å². The Labute approximate surface area is 226 Å². The first-order valence-electron chi connectivity index (χ1n) is 11.7. The van der Waals surface area contributed by atoms with Crippen LogP contribution in [0.5, 0.6) is 0 Å². The average molecular weight is 552 g/mol. The predicted octanol–water partition coefficient (Wildman–Crippen LogP) is 2.85. The summed E-state index contributed by atoms with van der Waals surface area (Å²) in [5.74, 6) is -11.4. The Bertz CT molecular complexity index is 1330. The fraction of sp³-hybridized carbons (Fsp3) is 0.214. The molecule has 0 aromatic heterocycles. The number of benzene rings is 2. The van der Waals surface area contributed by atoms with Gasteiger partial charge in [-0.25, -0.2) is 9.59 Å². The number of methoxy groups -OCH3 is 2. The van der Waals surface area contributed by atoms with Crippen LogP contribution in [0, 0.1) is 0 Å². The Morgan fingerprint density at radius 1 is 0.625 bits per heavy atom. The zero-order valence-corrected chi connectivity index (χ0v) is 21.2. The summed E-state index contributed by atoms with van der Waals surface area (Å²) in [6, 6.07) is 9.94. The minimum absolute atomic E-state index is 0.102. The summed E-state index contributed by atoms with van der Waals surface area (Å²) >= 11 is 0. The number of Topliss-reactive ketones (excluding diaryl/α,β-unsaturated/α-hetero) is 2. The maximum absolute atomic E-state index is 13.5. The third-order valence-corrected chi connectivity index (χ3v) is 6.44. The first kappa shape index (κ1) is 29.3. The summed E-state index contributed by atoms with van der Waals surface area (Å²) in [4.78, 5) is 73.8. The summed E-state index contributed by atoms with van der Waals surface area (Å²) in [5.41, 5.74) is -1.12. The number of aromatic carboxylic acids is 2. The van der Waals surface area contributed by atoms with Crippen molar-refractivity contribution in [1.29, 1.82) is 0 Å². The molecule has 4 N–H and O–H groups in total. The second-order valence-corrected chi connectivity index (χ2v) is 8.70. The van der Waals surface area contributed by atoms with Crippen molar-refractivity contribution in [2.24, 2.45) is 0 Å². The minimum Gasteiger partial charge on any atom is -0.504 e. The van der Waals surface area contributed by atoms with Gasteiger partial charge in [0.05, 0.1) is 49.3 Å². The van der Waals surface area contributed by atoms with Crippen LogP contribution in [0.3, 0.4) is 0 Å². The number of ether oxygens (including phenoxy) is 2. The van der Waals surface area contributed by atoms with Crippen LogP contribution in [0.2, 0.25) is 0 Å². The molecule has 0 radical (unpaired) electrons. The van der Waals surface area contributed by atoms with E-state index in [9.17, 15) is 49.2 Å². The molecule has 2 aromatic carbocycles. The van der Waals surface area contributed by atoms with E-state index in [1.165, 1.54) is 48.5 Å². The molecule has 0 saturated carbocycles. The Kier molecular flexibility index (Phi) is 8.84. The summed E-state index contributed by atoms with van der Waals surface area (Å²) in [6.45, 7) is 0. The lowest BCUT2D eigenvalue weighted by molar-refractivity contribution is -0.142. The van der Waals surface area contributed by atoms with E-state index in [0.717, 1.165) is 14.2 Å². The van der Waals surface area contributed by atoms with Crippen LogP contribution in [0.1, 0.15) is 56.5 Å². The van der Waals surface area contributed by atoms with E-state index in [-0.39, 0.29) is 22.3 Å². The van der Waals surface area contributed by atoms with E-state index in [2.05, 4.69) is 9.47 Å². The highest BCUT2D eigenvalue weighted by Crippen LogP contribution is 2.41. The van der Waals surface area contributed by atoms with Gasteiger partial charge in [-0.2, -0.15) is 0 Å². The normalized spacial score (nSPS) is 14.9. The van der Waals surface area contributed by atoms with Gasteiger partial charge in [0.25, 0.3) is 0 Å². The predicted molar refractivity (Wildman–Crippen MR) is 135 cm³/mol. The highest BCUT2D eigenvalue weighted by molar-refractivity contribution is 6.24. The standard InChI is InChI=1S/C28H24O12/c1-39-19(29)11-17(13-3-7-15(8-4-13)27(35)36)21-23(31)25(33)22(26(34)24(21)32)18(12-20(30)40-2)14-5-9-16(10-6-14)28(37)38/h3-10,17-18,31,34H,11-12H2,1-2H3,(H,35,36)(H,37,38)/t17-,18-/m1/s1. The zero-order chi connectivity index (χ0) is 29.7. The molecule has 1 aliphatic rings. The molecule has 2 aromatic rings. The van der Waals surface area contributed by atoms with E-state index in [1.54, 1.807) is 0 Å². The summed E-state index contributed by atoms with van der Waals surface area (Å²) in [7, 11) is 2.16. The lowest BCUT2D eigenvalue weighted by atomic mass is 9.75. The number of aliphatic hydroxyl groups excluding tert-OH is 2. The number of carboxylic acids is 2. The number of hydrogen-bond acceptors (Lipinski definition) is 10. The third-order valence-electron chi connectivity index (χ3n) is 6.44. The summed E-state index contributed by atoms with van der Waals surface area (Å²) < 4.78 is 9.36. The Hall–Kier alpha value is -5.26. The number of carbonyl (C=O) groups is 6. The first-order valence-corrected chi connectivity index (χ1v) is 11.7. The first-order chi connectivity index (χ1) is 18.9. The van der Waals surface area contributed by atoms with Gasteiger partial charge < -0.3 is 29.9 Å². The van der Waals surface area contributed by atoms with Crippen LogP contribution in [0.4, 0.5) is 0 Å². The molecule has 208 valence electrons. The van der Waals surface area contributed by atoms with Crippen molar-refractivity contribution in [3.63, 3.8) is 0 Å². The Balaban J connectivity index is 2.14. The van der Waals surface area contributed by atoms with Crippen molar-refractivity contribution < 1.29 is 58.7 Å². The van der Waals surface area contributed by atoms with E-state index in [0.29, 0.717) is 0 Å². The molecule has 12 nitrogen and oxygen atoms in total. The van der Waals surface area contributed by atoms with Gasteiger partial charge in [-0.15, -0.1) is 0 Å². The number of allylic oxidation sites excluding steroid dienone is 2. The van der Waals surface area contributed by atoms with Crippen LogP contribution in [0.15, 0.2) is 71.2 Å². The molecule has 3 rings (SSSR count). The van der Waals surface area contributed by atoms with Crippen LogP contribution >= 0.6 is 0 Å². The van der Waals surface area contributed by atoms with Gasteiger partial charge in [0.2, 0.25) is 11.6 Å². The largest absolute Gasteiger partial charge is 0.504 e. The molecule has 2 atom stereocenters. The van der Waals surface area contributed by atoms with E-state index < -0.39 is 82.8 Å². The molecule has 1 aliphatic carbocycles. The van der Waals surface area contributed by atoms with Crippen molar-refractivity contribution in [1.82, 2.24) is 0 Å². The topological polar surface area (TPSA) is 202 Å². The minimum atomic E-state index is -1.32. The molecule has 0 fully saturated rings. The SMILES string of the molecule is COC(=O)C[C@@H](C1=C(O)C(=O)C([C@H](CC(=O)OC)c2ccc(C(=O)O)cc2)=C(O)C1=O)c1ccc(C(=O)O)cc1. The Morgan fingerprint density at radius 3 is 1.18 bits per heavy atom. The van der Waals surface area contributed by atoms with Gasteiger partial charge in [-0.3, -0.25) is 19.2 Å². The molecule has 12 heteroatoms. The van der Waals surface area contributed by atoms with Gasteiger partial charge in [0.1, 0.15) is 0 Å². The molecular formula is C28H24O12. The number of rotatable bonds is 10. The second kappa shape index (κ2) is 12.1. The maximum Gasteiger partial charge on any atom is 0.335 e. The van der Waals surface area contributed by atoms with Gasteiger partial charge in [-0.05, 0) is 35.4 Å². The molecule has 0 spiro atoms. The quantitative estimate of drug-likeness (QED) is 0.248. The molecule has 0 unspecified atom stereocenters. The molecule has 0 bridgehead atoms. The summed E-state index contributed by atoms with van der Waals surface area (Å²) in [6.07, 6.45) is -1.10. The average Bonchev–Trinajstić information content (AvgIpc) is 2.95. The fourth-order valence-corrected chi connectivity index (χ4v) is 4.35. The van der Waals surface area contributed by atoms with Crippen LogP contribution in [-0.4, -0.2) is 70.1 Å². The molecule has 0 amide bonds. The van der Waals surface area contributed by atoms with Crippen molar-refractivity contribution in [3.8, 4) is 0 Å². The monoisotopic (exact) mass is 552 g/mol. The van der Waals surface area contributed by atoms with Gasteiger partial charge in [-0.1, -0.05) is 24.3 Å². The lowest BCUT2D eigenvalue weighted by Crippen LogP contribution is -2.31. The van der Waals surface area contributed by atoms with Crippen molar-refractivity contribution in [2.75, 3.05) is 14.2 Å². The van der Waals surface area contributed by atoms with E-state index in [4.69, 9.17) is 0 Å². The van der Waals surface area contributed by atoms with Crippen molar-refractivity contribution >= 4 is 35.4 Å². The number of ketones is 2. The van der Waals surface area contributed by atoms with Gasteiger partial charge in [0, 0.05) is 11.8 Å². The smallest absolute Gasteiger partial charge is 0.335 e. The van der Waals surface area contributed by atoms with E-state index >= 15 is 0 Å². The van der Waals surface area contributed by atoms with Crippen LogP contribution in [0.25, 0.3) is 0 Å². The number of hydrogen-bond donors (Lipinski definition) is 4. The van der Waals surface area contributed by atoms with Crippen LogP contribution < -0.4 is 0 Å². The summed E-state index contributed by atoms with van der Waals surface area (Å²) in [5, 5.41) is 40.3. The zero-order valence-electron chi connectivity index (χ0n) is 21.2. The van der Waals surface area contributed by atoms with Gasteiger partial charge >= 0.3 is 23.9 Å². The molecule has 40 heavy (non-hydrogen) atoms. The third kappa shape index (κ3) is 5.90. The number of esters is 2. The fourth-order valence-electron chi connectivity index (χ4n) is 4.35. The van der Waals surface area contributed by atoms with Crippen LogP contribution in [-0.2, 0) is 28.7 Å². The van der Waals surface area contributed by atoms with Crippen molar-refractivity contribution in [3.05, 3.63) is 93.4 Å². The number of carbonyl (C=O) groups excluding carboxylic acids is 4. The number of aliphatic hydroxyl groups is 2. The van der Waals surface area contributed by atoms with E-state index in [1.807, 2.05) is 0 Å². The number of carboxylic acid groups (broad SMARTS) is 2. The molecule has 0 saturated heterocycles. The highest BCUT2D eigenvalue weighted by atomic mass is 16.5. The maximum atomic E-state index is 13.5. The molecule has 0 heterocycles. The Morgan fingerprint density at radius 2 is 0.925 bits per heavy atom. The highest BCUT2D eigenvalue weighted by Gasteiger charge is 2.43.